The van der Waals surface area contributed by atoms with Gasteiger partial charge in [-0.15, -0.1) is 0 Å². The summed E-state index contributed by atoms with van der Waals surface area (Å²) in [6, 6.07) is 16.0. The molecule has 2 aromatic carbocycles. The molecule has 0 unspecified atom stereocenters. The largest absolute Gasteiger partial charge is 0.345 e. The van der Waals surface area contributed by atoms with Crippen molar-refractivity contribution in [2.45, 2.75) is 9.92 Å². The smallest absolute Gasteiger partial charge is 0.276 e. The van der Waals surface area contributed by atoms with E-state index < -0.39 is 10.8 Å². The lowest BCUT2D eigenvalue weighted by atomic mass is 10.2. The van der Waals surface area contributed by atoms with Crippen LogP contribution < -0.4 is 10.9 Å². The van der Waals surface area contributed by atoms with Gasteiger partial charge in [-0.25, -0.2) is 9.97 Å². The number of aromatic nitrogens is 2. The Morgan fingerprint density at radius 1 is 1.07 bits per heavy atom. The summed E-state index contributed by atoms with van der Waals surface area (Å²) >= 11 is 4.42. The first-order valence-corrected chi connectivity index (χ1v) is 9.20. The van der Waals surface area contributed by atoms with Crippen molar-refractivity contribution in [3.05, 3.63) is 81.1 Å². The molecule has 0 aliphatic carbocycles. The predicted octanol–water partition coefficient (Wildman–Crippen LogP) is 4.06. The number of carbonyl (C=O) groups excluding carboxylic acids is 1. The van der Waals surface area contributed by atoms with Crippen LogP contribution in [0.4, 0.5) is 11.5 Å². The van der Waals surface area contributed by atoms with Crippen LogP contribution in [0.25, 0.3) is 0 Å². The van der Waals surface area contributed by atoms with E-state index in [-0.39, 0.29) is 16.5 Å². The van der Waals surface area contributed by atoms with E-state index in [2.05, 4.69) is 36.7 Å². The Hall–Kier alpha value is -2.98. The Morgan fingerprint density at radius 3 is 2.48 bits per heavy atom. The minimum atomic E-state index is -0.585. The molecular formula is C17H12BrN5O3S. The van der Waals surface area contributed by atoms with Gasteiger partial charge in [-0.05, 0) is 40.2 Å². The van der Waals surface area contributed by atoms with Gasteiger partial charge in [-0.2, -0.15) is 0 Å². The summed E-state index contributed by atoms with van der Waals surface area (Å²) in [6.45, 7) is 0. The number of hydrogen-bond donors (Lipinski definition) is 2. The zero-order valence-electron chi connectivity index (χ0n) is 13.6. The van der Waals surface area contributed by atoms with Crippen LogP contribution in [0.5, 0.6) is 0 Å². The number of nitro groups is 1. The number of halogens is 1. The molecule has 8 nitrogen and oxygen atoms in total. The van der Waals surface area contributed by atoms with E-state index in [0.29, 0.717) is 10.0 Å². The lowest BCUT2D eigenvalue weighted by Gasteiger charge is -2.10. The van der Waals surface area contributed by atoms with Gasteiger partial charge in [0, 0.05) is 9.37 Å². The number of nitrogens with one attached hydrogen (secondary N) is 2. The average Bonchev–Trinajstić information content (AvgIpc) is 2.67. The van der Waals surface area contributed by atoms with Gasteiger partial charge >= 0.3 is 5.69 Å². The second kappa shape index (κ2) is 8.60. The number of amides is 1. The lowest BCUT2D eigenvalue weighted by Crippen LogP contribution is -2.30. The van der Waals surface area contributed by atoms with E-state index in [1.807, 2.05) is 30.3 Å². The third-order valence-corrected chi connectivity index (χ3v) is 5.03. The minimum Gasteiger partial charge on any atom is -0.276 e. The summed E-state index contributed by atoms with van der Waals surface area (Å²) in [6.07, 6.45) is 1.20. The summed E-state index contributed by atoms with van der Waals surface area (Å²) in [7, 11) is 0. The average molecular weight is 446 g/mol. The number of hydrogen-bond acceptors (Lipinski definition) is 7. The minimum absolute atomic E-state index is 0.103. The van der Waals surface area contributed by atoms with Crippen molar-refractivity contribution < 1.29 is 9.72 Å². The maximum absolute atomic E-state index is 12.3. The summed E-state index contributed by atoms with van der Waals surface area (Å²) in [5.74, 6) is -0.568. The van der Waals surface area contributed by atoms with Gasteiger partial charge in [-0.1, -0.05) is 42.1 Å². The third kappa shape index (κ3) is 4.60. The molecule has 136 valence electrons. The highest BCUT2D eigenvalue weighted by Crippen LogP contribution is 2.36. The van der Waals surface area contributed by atoms with E-state index in [1.165, 1.54) is 6.33 Å². The molecular weight excluding hydrogens is 434 g/mol. The van der Waals surface area contributed by atoms with Gasteiger partial charge in [0.15, 0.2) is 5.03 Å². The normalized spacial score (nSPS) is 10.3. The van der Waals surface area contributed by atoms with Crippen molar-refractivity contribution in [2.75, 3.05) is 5.43 Å². The van der Waals surface area contributed by atoms with Crippen LogP contribution in [0.15, 0.2) is 75.3 Å². The molecule has 0 aliphatic heterocycles. The molecule has 0 bridgehead atoms. The van der Waals surface area contributed by atoms with E-state index in [0.717, 1.165) is 16.7 Å². The first-order chi connectivity index (χ1) is 13.1. The topological polar surface area (TPSA) is 110 Å². The van der Waals surface area contributed by atoms with Crippen LogP contribution in [0, 0.1) is 10.1 Å². The fraction of sp³-hybridized carbons (Fsp3) is 0. The highest BCUT2D eigenvalue weighted by molar-refractivity contribution is 9.10. The fourth-order valence-corrected chi connectivity index (χ4v) is 3.47. The third-order valence-electron chi connectivity index (χ3n) is 3.34. The number of carbonyl (C=O) groups is 1. The molecule has 0 saturated carbocycles. The Bertz CT molecular complexity index is 987. The highest BCUT2D eigenvalue weighted by Gasteiger charge is 2.24. The number of anilines is 1. The van der Waals surface area contributed by atoms with Gasteiger partial charge < -0.3 is 0 Å². The van der Waals surface area contributed by atoms with Crippen LogP contribution >= 0.6 is 27.7 Å². The van der Waals surface area contributed by atoms with Crippen molar-refractivity contribution in [1.29, 1.82) is 0 Å². The van der Waals surface area contributed by atoms with E-state index in [4.69, 9.17) is 0 Å². The second-order valence-electron chi connectivity index (χ2n) is 5.11. The summed E-state index contributed by atoms with van der Waals surface area (Å²) in [4.78, 5) is 31.9. The lowest BCUT2D eigenvalue weighted by molar-refractivity contribution is -0.387. The zero-order valence-corrected chi connectivity index (χ0v) is 16.0. The van der Waals surface area contributed by atoms with Gasteiger partial charge in [0.05, 0.1) is 10.5 Å². The van der Waals surface area contributed by atoms with Crippen molar-refractivity contribution >= 4 is 45.1 Å². The Kier molecular flexibility index (Phi) is 5.99. The summed E-state index contributed by atoms with van der Waals surface area (Å²) < 4.78 is 0.599. The molecule has 27 heavy (non-hydrogen) atoms. The molecule has 0 saturated heterocycles. The highest BCUT2D eigenvalue weighted by atomic mass is 79.9. The molecule has 1 heterocycles. The fourth-order valence-electron chi connectivity index (χ4n) is 2.12. The van der Waals surface area contributed by atoms with Crippen LogP contribution in [0.2, 0.25) is 0 Å². The second-order valence-corrected chi connectivity index (χ2v) is 7.02. The number of nitrogens with zero attached hydrogens (tertiary/aromatic N) is 3. The van der Waals surface area contributed by atoms with Crippen LogP contribution in [0.3, 0.4) is 0 Å². The molecule has 0 spiro atoms. The van der Waals surface area contributed by atoms with Gasteiger partial charge in [0.1, 0.15) is 6.33 Å². The quantitative estimate of drug-likeness (QED) is 0.334. The van der Waals surface area contributed by atoms with Crippen molar-refractivity contribution in [3.8, 4) is 0 Å². The summed E-state index contributed by atoms with van der Waals surface area (Å²) in [5, 5.41) is 11.7. The summed E-state index contributed by atoms with van der Waals surface area (Å²) in [5.41, 5.74) is 4.99. The Morgan fingerprint density at radius 2 is 1.78 bits per heavy atom. The Labute approximate surface area is 166 Å². The van der Waals surface area contributed by atoms with Gasteiger partial charge in [-0.3, -0.25) is 25.8 Å². The number of hydrazine groups is 1. The molecule has 3 rings (SSSR count). The maximum atomic E-state index is 12.3. The van der Waals surface area contributed by atoms with Crippen LogP contribution in [-0.4, -0.2) is 20.8 Å². The maximum Gasteiger partial charge on any atom is 0.345 e. The number of rotatable bonds is 6. The van der Waals surface area contributed by atoms with Crippen molar-refractivity contribution in [1.82, 2.24) is 15.4 Å². The van der Waals surface area contributed by atoms with Gasteiger partial charge in [0.2, 0.25) is 5.82 Å². The zero-order chi connectivity index (χ0) is 19.2. The Balaban J connectivity index is 1.83. The standard InChI is InChI=1S/C17H12BrN5O3S/c18-13-9-5-4-8-12(13)16(24)22-21-15-14(23(25)26)17(20-10-19-15)27-11-6-2-1-3-7-11/h1-10H,(H,22,24)(H,19,20,21). The molecule has 1 amide bonds. The van der Waals surface area contributed by atoms with Crippen molar-refractivity contribution in [3.63, 3.8) is 0 Å². The van der Waals surface area contributed by atoms with Crippen LogP contribution in [0.1, 0.15) is 10.4 Å². The van der Waals surface area contributed by atoms with Gasteiger partial charge in [0.25, 0.3) is 5.91 Å². The molecule has 0 atom stereocenters. The van der Waals surface area contributed by atoms with Crippen LogP contribution in [-0.2, 0) is 0 Å². The molecule has 10 heteroatoms. The number of benzene rings is 2. The first kappa shape index (κ1) is 18.8. The molecule has 3 aromatic rings. The molecule has 0 radical (unpaired) electrons. The molecule has 0 fully saturated rings. The molecule has 2 N–H and O–H groups in total. The molecule has 1 aromatic heterocycles. The van der Waals surface area contributed by atoms with E-state index in [1.54, 1.807) is 24.3 Å². The molecule has 0 aliphatic rings. The van der Waals surface area contributed by atoms with E-state index >= 15 is 0 Å². The first-order valence-electron chi connectivity index (χ1n) is 7.59. The van der Waals surface area contributed by atoms with Crippen molar-refractivity contribution in [2.24, 2.45) is 0 Å². The predicted molar refractivity (Wildman–Crippen MR) is 104 cm³/mol. The SMILES string of the molecule is O=C(NNc1ncnc(Sc2ccccc2)c1[N+](=O)[O-])c1ccccc1Br. The monoisotopic (exact) mass is 445 g/mol. The van der Waals surface area contributed by atoms with E-state index in [9.17, 15) is 14.9 Å².